The minimum atomic E-state index is 0.0267. The van der Waals surface area contributed by atoms with Crippen LogP contribution in [-0.2, 0) is 4.79 Å². The summed E-state index contributed by atoms with van der Waals surface area (Å²) in [5.41, 5.74) is 2.27. The lowest BCUT2D eigenvalue weighted by Gasteiger charge is -2.27. The standard InChI is InChI=1S/C16H22N2O/c19-16(18-10-8-12-4-3-5-12)14-9-11-17-15-7-2-1-6-13(14)15/h1-2,6-7,12,14,17H,3-5,8-11H2,(H,18,19). The van der Waals surface area contributed by atoms with Crippen molar-refractivity contribution in [2.24, 2.45) is 5.92 Å². The summed E-state index contributed by atoms with van der Waals surface area (Å²) in [6.07, 6.45) is 6.13. The molecule has 1 aromatic rings. The summed E-state index contributed by atoms with van der Waals surface area (Å²) >= 11 is 0. The van der Waals surface area contributed by atoms with Crippen molar-refractivity contribution >= 4 is 11.6 Å². The van der Waals surface area contributed by atoms with Gasteiger partial charge in [0.1, 0.15) is 0 Å². The molecule has 2 N–H and O–H groups in total. The van der Waals surface area contributed by atoms with Gasteiger partial charge < -0.3 is 10.6 Å². The largest absolute Gasteiger partial charge is 0.385 e. The zero-order chi connectivity index (χ0) is 13.1. The maximum absolute atomic E-state index is 12.3. The summed E-state index contributed by atoms with van der Waals surface area (Å²) in [6, 6.07) is 8.16. The summed E-state index contributed by atoms with van der Waals surface area (Å²) in [4.78, 5) is 12.3. The number of para-hydroxylation sites is 1. The second kappa shape index (κ2) is 5.64. The first-order valence-corrected chi connectivity index (χ1v) is 7.45. The Labute approximate surface area is 114 Å². The van der Waals surface area contributed by atoms with Crippen molar-refractivity contribution in [2.75, 3.05) is 18.4 Å². The first kappa shape index (κ1) is 12.5. The molecule has 19 heavy (non-hydrogen) atoms. The van der Waals surface area contributed by atoms with Gasteiger partial charge in [0.25, 0.3) is 0 Å². The molecule has 3 nitrogen and oxygen atoms in total. The molecule has 1 unspecified atom stereocenters. The molecule has 1 aliphatic heterocycles. The van der Waals surface area contributed by atoms with Crippen LogP contribution in [0.5, 0.6) is 0 Å². The number of amides is 1. The molecule has 1 atom stereocenters. The molecule has 1 saturated carbocycles. The van der Waals surface area contributed by atoms with Crippen molar-refractivity contribution in [3.8, 4) is 0 Å². The SMILES string of the molecule is O=C(NCCC1CCC1)C1CCNc2ccccc21. The van der Waals surface area contributed by atoms with Crippen LogP contribution >= 0.6 is 0 Å². The van der Waals surface area contributed by atoms with E-state index in [-0.39, 0.29) is 11.8 Å². The Kier molecular flexibility index (Phi) is 3.72. The van der Waals surface area contributed by atoms with Gasteiger partial charge in [-0.1, -0.05) is 37.5 Å². The third-order valence-corrected chi connectivity index (χ3v) is 4.48. The van der Waals surface area contributed by atoms with Gasteiger partial charge in [-0.15, -0.1) is 0 Å². The van der Waals surface area contributed by atoms with Crippen LogP contribution in [0.3, 0.4) is 0 Å². The number of benzene rings is 1. The molecule has 0 spiro atoms. The Balaban J connectivity index is 1.57. The molecule has 3 heteroatoms. The van der Waals surface area contributed by atoms with E-state index < -0.39 is 0 Å². The molecule has 1 heterocycles. The predicted molar refractivity (Wildman–Crippen MR) is 77.3 cm³/mol. The van der Waals surface area contributed by atoms with Gasteiger partial charge in [-0.05, 0) is 30.4 Å². The molecule has 1 aromatic carbocycles. The van der Waals surface area contributed by atoms with E-state index in [4.69, 9.17) is 0 Å². The molecule has 1 fully saturated rings. The van der Waals surface area contributed by atoms with E-state index in [0.717, 1.165) is 43.1 Å². The van der Waals surface area contributed by atoms with Crippen LogP contribution in [0.1, 0.15) is 43.6 Å². The zero-order valence-corrected chi connectivity index (χ0v) is 11.3. The Hall–Kier alpha value is -1.51. The van der Waals surface area contributed by atoms with E-state index in [1.807, 2.05) is 12.1 Å². The highest BCUT2D eigenvalue weighted by Gasteiger charge is 2.26. The van der Waals surface area contributed by atoms with Gasteiger partial charge in [-0.3, -0.25) is 4.79 Å². The van der Waals surface area contributed by atoms with Gasteiger partial charge in [0.05, 0.1) is 5.92 Å². The van der Waals surface area contributed by atoms with E-state index in [0.29, 0.717) is 0 Å². The third-order valence-electron chi connectivity index (χ3n) is 4.48. The summed E-state index contributed by atoms with van der Waals surface area (Å²) in [5, 5.41) is 6.49. The van der Waals surface area contributed by atoms with Crippen molar-refractivity contribution in [2.45, 2.75) is 38.0 Å². The number of hydrogen-bond acceptors (Lipinski definition) is 2. The highest BCUT2D eigenvalue weighted by Crippen LogP contribution is 2.32. The number of nitrogens with one attached hydrogen (secondary N) is 2. The molecule has 0 radical (unpaired) electrons. The molecule has 0 aromatic heterocycles. The van der Waals surface area contributed by atoms with E-state index >= 15 is 0 Å². The molecule has 0 saturated heterocycles. The van der Waals surface area contributed by atoms with Crippen LogP contribution in [0.2, 0.25) is 0 Å². The zero-order valence-electron chi connectivity index (χ0n) is 11.3. The molecule has 1 amide bonds. The van der Waals surface area contributed by atoms with Crippen LogP contribution in [0.4, 0.5) is 5.69 Å². The number of fused-ring (bicyclic) bond motifs is 1. The van der Waals surface area contributed by atoms with Crippen LogP contribution in [0, 0.1) is 5.92 Å². The summed E-state index contributed by atoms with van der Waals surface area (Å²) < 4.78 is 0. The molecule has 1 aliphatic carbocycles. The fourth-order valence-electron chi connectivity index (χ4n) is 3.05. The van der Waals surface area contributed by atoms with Crippen molar-refractivity contribution in [3.05, 3.63) is 29.8 Å². The lowest BCUT2D eigenvalue weighted by Crippen LogP contribution is -2.34. The summed E-state index contributed by atoms with van der Waals surface area (Å²) in [5.74, 6) is 1.09. The van der Waals surface area contributed by atoms with Gasteiger partial charge in [0.2, 0.25) is 5.91 Å². The average molecular weight is 258 g/mol. The van der Waals surface area contributed by atoms with Gasteiger partial charge in [0, 0.05) is 18.8 Å². The monoisotopic (exact) mass is 258 g/mol. The molecule has 3 rings (SSSR count). The van der Waals surface area contributed by atoms with Crippen LogP contribution < -0.4 is 10.6 Å². The molecule has 102 valence electrons. The van der Waals surface area contributed by atoms with Crippen molar-refractivity contribution < 1.29 is 4.79 Å². The minimum Gasteiger partial charge on any atom is -0.385 e. The number of rotatable bonds is 4. The first-order chi connectivity index (χ1) is 9.34. The number of anilines is 1. The maximum atomic E-state index is 12.3. The highest BCUT2D eigenvalue weighted by molar-refractivity contribution is 5.86. The highest BCUT2D eigenvalue weighted by atomic mass is 16.1. The van der Waals surface area contributed by atoms with E-state index in [9.17, 15) is 4.79 Å². The van der Waals surface area contributed by atoms with Crippen LogP contribution in [0.25, 0.3) is 0 Å². The molecule has 2 aliphatic rings. The van der Waals surface area contributed by atoms with Crippen LogP contribution in [-0.4, -0.2) is 19.0 Å². The number of hydrogen-bond donors (Lipinski definition) is 2. The van der Waals surface area contributed by atoms with Crippen LogP contribution in [0.15, 0.2) is 24.3 Å². The van der Waals surface area contributed by atoms with Crippen molar-refractivity contribution in [1.82, 2.24) is 5.32 Å². The number of carbonyl (C=O) groups excluding carboxylic acids is 1. The first-order valence-electron chi connectivity index (χ1n) is 7.45. The topological polar surface area (TPSA) is 41.1 Å². The van der Waals surface area contributed by atoms with E-state index in [1.165, 1.54) is 19.3 Å². The molecule has 0 bridgehead atoms. The average Bonchev–Trinajstić information content (AvgIpc) is 2.40. The quantitative estimate of drug-likeness (QED) is 0.872. The Morgan fingerprint density at radius 1 is 1.26 bits per heavy atom. The maximum Gasteiger partial charge on any atom is 0.227 e. The summed E-state index contributed by atoms with van der Waals surface area (Å²) in [7, 11) is 0. The van der Waals surface area contributed by atoms with Gasteiger partial charge >= 0.3 is 0 Å². The van der Waals surface area contributed by atoms with E-state index in [1.54, 1.807) is 0 Å². The molecular weight excluding hydrogens is 236 g/mol. The van der Waals surface area contributed by atoms with Crippen molar-refractivity contribution in [3.63, 3.8) is 0 Å². The van der Waals surface area contributed by atoms with Gasteiger partial charge in [-0.25, -0.2) is 0 Å². The van der Waals surface area contributed by atoms with Gasteiger partial charge in [0.15, 0.2) is 0 Å². The normalized spacial score (nSPS) is 22.0. The van der Waals surface area contributed by atoms with E-state index in [2.05, 4.69) is 22.8 Å². The second-order valence-corrected chi connectivity index (χ2v) is 5.73. The summed E-state index contributed by atoms with van der Waals surface area (Å²) in [6.45, 7) is 1.73. The lowest BCUT2D eigenvalue weighted by molar-refractivity contribution is -0.122. The minimum absolute atomic E-state index is 0.0267. The smallest absolute Gasteiger partial charge is 0.227 e. The second-order valence-electron chi connectivity index (χ2n) is 5.73. The fourth-order valence-corrected chi connectivity index (χ4v) is 3.05. The Bertz CT molecular complexity index is 454. The van der Waals surface area contributed by atoms with Crippen molar-refractivity contribution in [1.29, 1.82) is 0 Å². The fraction of sp³-hybridized carbons (Fsp3) is 0.562. The number of carbonyl (C=O) groups is 1. The Morgan fingerprint density at radius 3 is 2.89 bits per heavy atom. The van der Waals surface area contributed by atoms with Gasteiger partial charge in [-0.2, -0.15) is 0 Å². The Morgan fingerprint density at radius 2 is 2.11 bits per heavy atom. The predicted octanol–water partition coefficient (Wildman–Crippen LogP) is 2.89. The lowest BCUT2D eigenvalue weighted by atomic mass is 9.83. The molecular formula is C16H22N2O. The third kappa shape index (κ3) is 2.75.